The first-order valence-corrected chi connectivity index (χ1v) is 9.25. The topological polar surface area (TPSA) is 35.5 Å². The zero-order chi connectivity index (χ0) is 17.9. The molecule has 0 heterocycles. The molecule has 134 valence electrons. The zero-order valence-corrected chi connectivity index (χ0v) is 15.2. The van der Waals surface area contributed by atoms with Crippen LogP contribution in [0.1, 0.15) is 63.2 Å². The third-order valence-corrected chi connectivity index (χ3v) is 4.28. The van der Waals surface area contributed by atoms with Crippen LogP contribution >= 0.6 is 0 Å². The first kappa shape index (κ1) is 19.0. The Kier molecular flexibility index (Phi) is 8.03. The van der Waals surface area contributed by atoms with Crippen molar-refractivity contribution in [2.24, 2.45) is 0 Å². The summed E-state index contributed by atoms with van der Waals surface area (Å²) in [6.45, 7) is 4.22. The van der Waals surface area contributed by atoms with Crippen molar-refractivity contribution in [3.63, 3.8) is 0 Å². The molecule has 0 amide bonds. The predicted octanol–water partition coefficient (Wildman–Crippen LogP) is 6.48. The average molecular weight is 340 g/mol. The molecule has 0 radical (unpaired) electrons. The Morgan fingerprint density at radius 2 is 1.64 bits per heavy atom. The molecule has 0 aliphatic rings. The lowest BCUT2D eigenvalue weighted by Crippen LogP contribution is -2.16. The van der Waals surface area contributed by atoms with Gasteiger partial charge in [-0.2, -0.15) is 0 Å². The van der Waals surface area contributed by atoms with E-state index in [-0.39, 0.29) is 6.10 Å². The monoisotopic (exact) mass is 340 g/mol. The van der Waals surface area contributed by atoms with E-state index in [0.717, 1.165) is 36.8 Å². The van der Waals surface area contributed by atoms with E-state index >= 15 is 0 Å². The second-order valence-electron chi connectivity index (χ2n) is 6.18. The van der Waals surface area contributed by atoms with E-state index in [2.05, 4.69) is 6.92 Å². The standard InChI is InChI=1S/C22H28O3/c1-3-5-6-10-16-21(19-14-8-7-9-15-19)25-22(23)24-20-17-12-11-13-18(20)4-2/h7-9,11-15,17,21H,3-6,10,16H2,1-2H3. The summed E-state index contributed by atoms with van der Waals surface area (Å²) >= 11 is 0. The number of hydrogen-bond acceptors (Lipinski definition) is 3. The molecule has 0 bridgehead atoms. The maximum atomic E-state index is 12.3. The molecule has 0 aromatic heterocycles. The molecule has 1 atom stereocenters. The largest absolute Gasteiger partial charge is 0.514 e. The van der Waals surface area contributed by atoms with Gasteiger partial charge in [-0.1, -0.05) is 81.6 Å². The summed E-state index contributed by atoms with van der Waals surface area (Å²) in [4.78, 5) is 12.3. The number of para-hydroxylation sites is 1. The van der Waals surface area contributed by atoms with Crippen LogP contribution in [0, 0.1) is 0 Å². The molecule has 0 aliphatic carbocycles. The van der Waals surface area contributed by atoms with Gasteiger partial charge >= 0.3 is 6.16 Å². The number of benzene rings is 2. The molecule has 0 saturated carbocycles. The van der Waals surface area contributed by atoms with E-state index in [1.54, 1.807) is 6.07 Å². The van der Waals surface area contributed by atoms with Crippen molar-refractivity contribution in [2.75, 3.05) is 0 Å². The van der Waals surface area contributed by atoms with E-state index in [9.17, 15) is 4.79 Å². The van der Waals surface area contributed by atoms with Gasteiger partial charge in [0.2, 0.25) is 0 Å². The fourth-order valence-corrected chi connectivity index (χ4v) is 2.84. The number of aryl methyl sites for hydroxylation is 1. The van der Waals surface area contributed by atoms with Gasteiger partial charge < -0.3 is 9.47 Å². The third-order valence-electron chi connectivity index (χ3n) is 4.28. The maximum absolute atomic E-state index is 12.3. The smallest absolute Gasteiger partial charge is 0.426 e. The van der Waals surface area contributed by atoms with Gasteiger partial charge in [-0.3, -0.25) is 0 Å². The molecule has 0 saturated heterocycles. The van der Waals surface area contributed by atoms with Crippen molar-refractivity contribution in [3.05, 3.63) is 65.7 Å². The lowest BCUT2D eigenvalue weighted by molar-refractivity contribution is 0.0525. The predicted molar refractivity (Wildman–Crippen MR) is 101 cm³/mol. The van der Waals surface area contributed by atoms with Gasteiger partial charge in [0.25, 0.3) is 0 Å². The van der Waals surface area contributed by atoms with Gasteiger partial charge in [0.1, 0.15) is 11.9 Å². The average Bonchev–Trinajstić information content (AvgIpc) is 2.65. The molecule has 2 aromatic rings. The fraction of sp³-hybridized carbons (Fsp3) is 0.409. The number of unbranched alkanes of at least 4 members (excludes halogenated alkanes) is 3. The molecule has 2 aromatic carbocycles. The summed E-state index contributed by atoms with van der Waals surface area (Å²) in [7, 11) is 0. The second-order valence-corrected chi connectivity index (χ2v) is 6.18. The molecule has 0 aliphatic heterocycles. The molecule has 0 fully saturated rings. The van der Waals surface area contributed by atoms with Crippen LogP contribution in [0.5, 0.6) is 5.75 Å². The maximum Gasteiger partial charge on any atom is 0.514 e. The van der Waals surface area contributed by atoms with Gasteiger partial charge in [0.05, 0.1) is 0 Å². The van der Waals surface area contributed by atoms with Crippen molar-refractivity contribution in [1.29, 1.82) is 0 Å². The Balaban J connectivity index is 2.01. The Morgan fingerprint density at radius 3 is 2.36 bits per heavy atom. The Hall–Kier alpha value is -2.29. The SMILES string of the molecule is CCCCCCC(OC(=O)Oc1ccccc1CC)c1ccccc1. The summed E-state index contributed by atoms with van der Waals surface area (Å²) < 4.78 is 11.1. The Labute approximate surface area is 151 Å². The van der Waals surface area contributed by atoms with Crippen LogP contribution in [0.4, 0.5) is 4.79 Å². The van der Waals surface area contributed by atoms with E-state index < -0.39 is 6.16 Å². The van der Waals surface area contributed by atoms with Crippen LogP contribution in [0.25, 0.3) is 0 Å². The Bertz CT molecular complexity index is 637. The molecular formula is C22H28O3. The summed E-state index contributed by atoms with van der Waals surface area (Å²) in [6, 6.07) is 17.5. The third kappa shape index (κ3) is 6.26. The van der Waals surface area contributed by atoms with Crippen molar-refractivity contribution in [1.82, 2.24) is 0 Å². The van der Waals surface area contributed by atoms with Gasteiger partial charge in [-0.05, 0) is 36.5 Å². The minimum Gasteiger partial charge on any atom is -0.426 e. The zero-order valence-electron chi connectivity index (χ0n) is 15.2. The van der Waals surface area contributed by atoms with Crippen LogP contribution in [-0.2, 0) is 11.2 Å². The van der Waals surface area contributed by atoms with E-state index in [1.807, 2.05) is 55.5 Å². The molecule has 1 unspecified atom stereocenters. The molecule has 0 spiro atoms. The van der Waals surface area contributed by atoms with Crippen LogP contribution in [0.15, 0.2) is 54.6 Å². The normalized spacial score (nSPS) is 11.8. The number of ether oxygens (including phenoxy) is 2. The highest BCUT2D eigenvalue weighted by atomic mass is 16.7. The van der Waals surface area contributed by atoms with Gasteiger partial charge in [0, 0.05) is 0 Å². The van der Waals surface area contributed by atoms with Gasteiger partial charge in [0.15, 0.2) is 0 Å². The van der Waals surface area contributed by atoms with Crippen molar-refractivity contribution < 1.29 is 14.3 Å². The van der Waals surface area contributed by atoms with E-state index in [1.165, 1.54) is 12.8 Å². The van der Waals surface area contributed by atoms with Crippen LogP contribution in [-0.4, -0.2) is 6.16 Å². The molecule has 3 nitrogen and oxygen atoms in total. The van der Waals surface area contributed by atoms with Crippen molar-refractivity contribution in [3.8, 4) is 5.75 Å². The molecule has 0 N–H and O–H groups in total. The number of carbonyl (C=O) groups is 1. The molecule has 2 rings (SSSR count). The number of carbonyl (C=O) groups excluding carboxylic acids is 1. The first-order chi connectivity index (χ1) is 12.2. The second kappa shape index (κ2) is 10.5. The summed E-state index contributed by atoms with van der Waals surface area (Å²) in [5.41, 5.74) is 2.01. The van der Waals surface area contributed by atoms with Gasteiger partial charge in [-0.15, -0.1) is 0 Å². The lowest BCUT2D eigenvalue weighted by Gasteiger charge is -2.18. The van der Waals surface area contributed by atoms with Crippen LogP contribution < -0.4 is 4.74 Å². The molecule has 3 heteroatoms. The first-order valence-electron chi connectivity index (χ1n) is 9.25. The molecule has 25 heavy (non-hydrogen) atoms. The Morgan fingerprint density at radius 1 is 0.920 bits per heavy atom. The molecular weight excluding hydrogens is 312 g/mol. The minimum atomic E-state index is -0.634. The number of hydrogen-bond donors (Lipinski definition) is 0. The summed E-state index contributed by atoms with van der Waals surface area (Å²) in [6.07, 6.45) is 5.30. The van der Waals surface area contributed by atoms with Crippen LogP contribution in [0.2, 0.25) is 0 Å². The highest BCUT2D eigenvalue weighted by Crippen LogP contribution is 2.26. The highest BCUT2D eigenvalue weighted by Gasteiger charge is 2.18. The quantitative estimate of drug-likeness (QED) is 0.298. The van der Waals surface area contributed by atoms with E-state index in [0.29, 0.717) is 5.75 Å². The minimum absolute atomic E-state index is 0.264. The summed E-state index contributed by atoms with van der Waals surface area (Å²) in [5, 5.41) is 0. The van der Waals surface area contributed by atoms with Crippen LogP contribution in [0.3, 0.4) is 0 Å². The number of rotatable bonds is 9. The van der Waals surface area contributed by atoms with E-state index in [4.69, 9.17) is 9.47 Å². The summed E-state index contributed by atoms with van der Waals surface area (Å²) in [5.74, 6) is 0.577. The lowest BCUT2D eigenvalue weighted by atomic mass is 10.0. The van der Waals surface area contributed by atoms with Crippen molar-refractivity contribution >= 4 is 6.16 Å². The fourth-order valence-electron chi connectivity index (χ4n) is 2.84. The van der Waals surface area contributed by atoms with Gasteiger partial charge in [-0.25, -0.2) is 4.79 Å². The van der Waals surface area contributed by atoms with Crippen molar-refractivity contribution in [2.45, 2.75) is 58.5 Å². The highest BCUT2D eigenvalue weighted by molar-refractivity contribution is 5.65.